The maximum Gasteiger partial charge on any atom is 0.224 e. The van der Waals surface area contributed by atoms with Crippen LogP contribution in [-0.2, 0) is 9.53 Å². The topological polar surface area (TPSA) is 64.3 Å². The largest absolute Gasteiger partial charge is 0.382 e. The van der Waals surface area contributed by atoms with Crippen molar-refractivity contribution in [3.05, 3.63) is 28.8 Å². The molecule has 0 saturated heterocycles. The molecule has 0 aliphatic rings. The molecule has 1 aromatic rings. The van der Waals surface area contributed by atoms with Crippen molar-refractivity contribution in [3.63, 3.8) is 0 Å². The number of halogens is 1. The van der Waals surface area contributed by atoms with Crippen molar-refractivity contribution in [2.75, 3.05) is 19.0 Å². The number of ether oxygens (including phenoxy) is 1. The molecule has 0 fully saturated rings. The van der Waals surface area contributed by atoms with E-state index in [4.69, 9.17) is 22.1 Å². The van der Waals surface area contributed by atoms with Gasteiger partial charge in [-0.3, -0.25) is 4.79 Å². The summed E-state index contributed by atoms with van der Waals surface area (Å²) in [6, 6.07) is 5.23. The Bertz CT molecular complexity index is 520. The SMILES string of the molecule is COC(C)CCC(=O)Nc1cc(C#CCN)ccc1Cl. The van der Waals surface area contributed by atoms with E-state index in [1.807, 2.05) is 6.92 Å². The molecule has 0 heterocycles. The van der Waals surface area contributed by atoms with Crippen molar-refractivity contribution in [2.24, 2.45) is 5.73 Å². The molecule has 0 aliphatic heterocycles. The molecule has 108 valence electrons. The molecule has 0 bridgehead atoms. The second-order valence-corrected chi connectivity index (χ2v) is 4.74. The average molecular weight is 295 g/mol. The van der Waals surface area contributed by atoms with Crippen LogP contribution in [0, 0.1) is 11.8 Å². The molecule has 1 amide bonds. The lowest BCUT2D eigenvalue weighted by atomic mass is 10.2. The minimum absolute atomic E-state index is 0.0537. The number of carbonyl (C=O) groups is 1. The highest BCUT2D eigenvalue weighted by atomic mass is 35.5. The first kappa shape index (κ1) is 16.5. The Kier molecular flexibility index (Phi) is 7.10. The van der Waals surface area contributed by atoms with Gasteiger partial charge in [0.15, 0.2) is 0 Å². The van der Waals surface area contributed by atoms with Crippen LogP contribution in [0.25, 0.3) is 0 Å². The highest BCUT2D eigenvalue weighted by molar-refractivity contribution is 6.33. The van der Waals surface area contributed by atoms with E-state index < -0.39 is 0 Å². The van der Waals surface area contributed by atoms with Crippen molar-refractivity contribution in [2.45, 2.75) is 25.9 Å². The van der Waals surface area contributed by atoms with Crippen LogP contribution in [0.4, 0.5) is 5.69 Å². The van der Waals surface area contributed by atoms with Crippen molar-refractivity contribution in [3.8, 4) is 11.8 Å². The summed E-state index contributed by atoms with van der Waals surface area (Å²) in [5.74, 6) is 5.56. The average Bonchev–Trinajstić information content (AvgIpc) is 2.45. The molecule has 4 nitrogen and oxygen atoms in total. The number of nitrogens with two attached hydrogens (primary N) is 1. The minimum atomic E-state index is -0.0975. The zero-order valence-corrected chi connectivity index (χ0v) is 12.5. The maximum absolute atomic E-state index is 11.8. The van der Waals surface area contributed by atoms with Crippen LogP contribution in [-0.4, -0.2) is 25.7 Å². The van der Waals surface area contributed by atoms with E-state index in [1.165, 1.54) is 0 Å². The van der Waals surface area contributed by atoms with Crippen LogP contribution in [0.15, 0.2) is 18.2 Å². The van der Waals surface area contributed by atoms with Gasteiger partial charge in [0, 0.05) is 19.1 Å². The Morgan fingerprint density at radius 3 is 2.95 bits per heavy atom. The zero-order chi connectivity index (χ0) is 15.0. The summed E-state index contributed by atoms with van der Waals surface area (Å²) in [5, 5.41) is 3.26. The third-order valence-corrected chi connectivity index (χ3v) is 3.09. The fraction of sp³-hybridized carbons (Fsp3) is 0.400. The molecular formula is C15H19ClN2O2. The lowest BCUT2D eigenvalue weighted by Crippen LogP contribution is -2.15. The lowest BCUT2D eigenvalue weighted by molar-refractivity contribution is -0.116. The number of hydrogen-bond acceptors (Lipinski definition) is 3. The van der Waals surface area contributed by atoms with E-state index >= 15 is 0 Å². The smallest absolute Gasteiger partial charge is 0.224 e. The number of methoxy groups -OCH3 is 1. The predicted molar refractivity (Wildman–Crippen MR) is 81.7 cm³/mol. The lowest BCUT2D eigenvalue weighted by Gasteiger charge is -2.10. The summed E-state index contributed by atoms with van der Waals surface area (Å²) in [6.07, 6.45) is 1.09. The van der Waals surface area contributed by atoms with Crippen molar-refractivity contribution in [1.82, 2.24) is 0 Å². The molecule has 3 N–H and O–H groups in total. The molecule has 1 aromatic carbocycles. The van der Waals surface area contributed by atoms with Crippen LogP contribution >= 0.6 is 11.6 Å². The Morgan fingerprint density at radius 1 is 1.55 bits per heavy atom. The second kappa shape index (κ2) is 8.60. The van der Waals surface area contributed by atoms with Crippen LogP contribution in [0.5, 0.6) is 0 Å². The van der Waals surface area contributed by atoms with Crippen LogP contribution in [0.1, 0.15) is 25.3 Å². The minimum Gasteiger partial charge on any atom is -0.382 e. The number of amides is 1. The van der Waals surface area contributed by atoms with Gasteiger partial charge in [-0.1, -0.05) is 23.4 Å². The Labute approximate surface area is 124 Å². The first-order chi connectivity index (χ1) is 9.56. The van der Waals surface area contributed by atoms with Gasteiger partial charge in [0.1, 0.15) is 0 Å². The molecule has 5 heteroatoms. The van der Waals surface area contributed by atoms with Crippen LogP contribution < -0.4 is 11.1 Å². The summed E-state index contributed by atoms with van der Waals surface area (Å²) in [4.78, 5) is 11.8. The molecule has 0 spiro atoms. The molecule has 1 rings (SSSR count). The molecule has 0 radical (unpaired) electrons. The van der Waals surface area contributed by atoms with E-state index in [9.17, 15) is 4.79 Å². The number of carbonyl (C=O) groups excluding carboxylic acids is 1. The fourth-order valence-electron chi connectivity index (χ4n) is 1.52. The molecule has 0 aromatic heterocycles. The van der Waals surface area contributed by atoms with Crippen molar-refractivity contribution in [1.29, 1.82) is 0 Å². The number of anilines is 1. The van der Waals surface area contributed by atoms with Gasteiger partial charge in [-0.2, -0.15) is 0 Å². The predicted octanol–water partition coefficient (Wildman–Crippen LogP) is 2.40. The third-order valence-electron chi connectivity index (χ3n) is 2.76. The van der Waals surface area contributed by atoms with Gasteiger partial charge in [0.2, 0.25) is 5.91 Å². The second-order valence-electron chi connectivity index (χ2n) is 4.33. The molecule has 0 aliphatic carbocycles. The fourth-order valence-corrected chi connectivity index (χ4v) is 1.68. The van der Waals surface area contributed by atoms with E-state index in [0.717, 1.165) is 5.56 Å². The summed E-state index contributed by atoms with van der Waals surface area (Å²) in [5.41, 5.74) is 6.65. The summed E-state index contributed by atoms with van der Waals surface area (Å²) < 4.78 is 5.10. The highest BCUT2D eigenvalue weighted by Crippen LogP contribution is 2.23. The van der Waals surface area contributed by atoms with Gasteiger partial charge in [-0.25, -0.2) is 0 Å². The van der Waals surface area contributed by atoms with Gasteiger partial charge in [0.25, 0.3) is 0 Å². The summed E-state index contributed by atoms with van der Waals surface area (Å²) in [6.45, 7) is 2.21. The molecule has 1 atom stereocenters. The third kappa shape index (κ3) is 5.62. The quantitative estimate of drug-likeness (QED) is 0.820. The Morgan fingerprint density at radius 2 is 2.30 bits per heavy atom. The Balaban J connectivity index is 2.68. The summed E-state index contributed by atoms with van der Waals surface area (Å²) >= 11 is 6.05. The Hall–Kier alpha value is -1.54. The standard InChI is InChI=1S/C15H19ClN2O2/c1-11(20-2)5-8-15(19)18-14-10-12(4-3-9-17)6-7-13(14)16/h6-7,10-11H,5,8-9,17H2,1-2H3,(H,18,19). The normalized spacial score (nSPS) is 11.4. The number of nitrogens with one attached hydrogen (secondary N) is 1. The van der Waals surface area contributed by atoms with E-state index in [0.29, 0.717) is 30.1 Å². The van der Waals surface area contributed by atoms with Gasteiger partial charge in [0.05, 0.1) is 23.4 Å². The van der Waals surface area contributed by atoms with E-state index in [1.54, 1.807) is 25.3 Å². The van der Waals surface area contributed by atoms with Gasteiger partial charge < -0.3 is 15.8 Å². The maximum atomic E-state index is 11.8. The molecular weight excluding hydrogens is 276 g/mol. The number of benzene rings is 1. The van der Waals surface area contributed by atoms with Crippen molar-refractivity contribution < 1.29 is 9.53 Å². The van der Waals surface area contributed by atoms with Crippen LogP contribution in [0.2, 0.25) is 5.02 Å². The van der Waals surface area contributed by atoms with Gasteiger partial charge in [-0.15, -0.1) is 0 Å². The van der Waals surface area contributed by atoms with Gasteiger partial charge >= 0.3 is 0 Å². The first-order valence-corrected chi connectivity index (χ1v) is 6.75. The van der Waals surface area contributed by atoms with E-state index in [2.05, 4.69) is 17.2 Å². The van der Waals surface area contributed by atoms with Crippen molar-refractivity contribution >= 4 is 23.2 Å². The van der Waals surface area contributed by atoms with E-state index in [-0.39, 0.29) is 12.0 Å². The molecule has 0 saturated carbocycles. The number of rotatable bonds is 5. The summed E-state index contributed by atoms with van der Waals surface area (Å²) in [7, 11) is 1.62. The highest BCUT2D eigenvalue weighted by Gasteiger charge is 2.08. The van der Waals surface area contributed by atoms with Crippen LogP contribution in [0.3, 0.4) is 0 Å². The number of hydrogen-bond donors (Lipinski definition) is 2. The monoisotopic (exact) mass is 294 g/mol. The molecule has 20 heavy (non-hydrogen) atoms. The first-order valence-electron chi connectivity index (χ1n) is 6.38. The zero-order valence-electron chi connectivity index (χ0n) is 11.7. The van der Waals surface area contributed by atoms with Gasteiger partial charge in [-0.05, 0) is 31.5 Å². The molecule has 1 unspecified atom stereocenters.